The minimum absolute atomic E-state index is 0.0114. The summed E-state index contributed by atoms with van der Waals surface area (Å²) in [5, 5.41) is 0. The van der Waals surface area contributed by atoms with Crippen LogP contribution in [-0.2, 0) is 17.7 Å². The van der Waals surface area contributed by atoms with Crippen molar-refractivity contribution in [1.82, 2.24) is 9.88 Å². The maximum atomic E-state index is 13.8. The van der Waals surface area contributed by atoms with Crippen molar-refractivity contribution in [2.24, 2.45) is 0 Å². The van der Waals surface area contributed by atoms with Crippen LogP contribution in [-0.4, -0.2) is 41.7 Å². The average molecular weight is 342 g/mol. The largest absolute Gasteiger partial charge is 0.472 e. The molecule has 2 aliphatic rings. The molecular formula is C19H19FN2O3. The highest BCUT2D eigenvalue weighted by atomic mass is 19.1. The smallest absolute Gasteiger partial charge is 0.254 e. The Morgan fingerprint density at radius 3 is 3.12 bits per heavy atom. The second-order valence-corrected chi connectivity index (χ2v) is 6.34. The molecule has 0 spiro atoms. The zero-order chi connectivity index (χ0) is 17.2. The Bertz CT molecular complexity index is 790. The van der Waals surface area contributed by atoms with Gasteiger partial charge < -0.3 is 14.4 Å². The summed E-state index contributed by atoms with van der Waals surface area (Å²) in [5.74, 6) is 0.151. The molecule has 1 saturated heterocycles. The fraction of sp³-hybridized carbons (Fsp3) is 0.368. The lowest BCUT2D eigenvalue weighted by molar-refractivity contribution is 0.0732. The van der Waals surface area contributed by atoms with Crippen molar-refractivity contribution in [1.29, 1.82) is 0 Å². The molecule has 0 aliphatic carbocycles. The van der Waals surface area contributed by atoms with Gasteiger partial charge in [-0.25, -0.2) is 9.37 Å². The third-order valence-corrected chi connectivity index (χ3v) is 4.65. The van der Waals surface area contributed by atoms with Crippen LogP contribution in [0.2, 0.25) is 0 Å². The minimum atomic E-state index is -0.192. The summed E-state index contributed by atoms with van der Waals surface area (Å²) in [5.41, 5.74) is 2.11. The predicted octanol–water partition coefficient (Wildman–Crippen LogP) is 2.59. The molecule has 1 aromatic carbocycles. The number of pyridine rings is 1. The van der Waals surface area contributed by atoms with Crippen molar-refractivity contribution in [2.45, 2.75) is 25.5 Å². The molecule has 2 aliphatic heterocycles. The molecule has 2 aromatic rings. The zero-order valence-electron chi connectivity index (χ0n) is 13.8. The monoisotopic (exact) mass is 342 g/mol. The summed E-state index contributed by atoms with van der Waals surface area (Å²) < 4.78 is 24.9. The van der Waals surface area contributed by atoms with Crippen molar-refractivity contribution in [3.63, 3.8) is 0 Å². The van der Waals surface area contributed by atoms with E-state index in [1.165, 1.54) is 6.07 Å². The van der Waals surface area contributed by atoms with E-state index in [9.17, 15) is 9.18 Å². The van der Waals surface area contributed by atoms with Crippen LogP contribution in [0.3, 0.4) is 0 Å². The molecule has 1 atom stereocenters. The van der Waals surface area contributed by atoms with E-state index < -0.39 is 0 Å². The van der Waals surface area contributed by atoms with Gasteiger partial charge in [0.2, 0.25) is 5.88 Å². The lowest BCUT2D eigenvalue weighted by Crippen LogP contribution is -2.36. The van der Waals surface area contributed by atoms with Gasteiger partial charge in [-0.15, -0.1) is 0 Å². The number of carbonyl (C=O) groups is 1. The molecule has 5 nitrogen and oxygen atoms in total. The third-order valence-electron chi connectivity index (χ3n) is 4.65. The Balaban J connectivity index is 1.49. The second-order valence-electron chi connectivity index (χ2n) is 6.34. The first-order chi connectivity index (χ1) is 12.2. The van der Waals surface area contributed by atoms with Crippen LogP contribution in [0.5, 0.6) is 5.88 Å². The molecule has 6 heteroatoms. The van der Waals surface area contributed by atoms with Crippen molar-refractivity contribution in [3.8, 4) is 5.88 Å². The summed E-state index contributed by atoms with van der Waals surface area (Å²) in [6, 6.07) is 8.38. The Kier molecular flexibility index (Phi) is 4.36. The Morgan fingerprint density at radius 2 is 2.28 bits per heavy atom. The van der Waals surface area contributed by atoms with Crippen LogP contribution < -0.4 is 4.74 Å². The van der Waals surface area contributed by atoms with Gasteiger partial charge in [0.05, 0.1) is 13.2 Å². The van der Waals surface area contributed by atoms with Crippen LogP contribution in [0.15, 0.2) is 36.5 Å². The van der Waals surface area contributed by atoms with Crippen molar-refractivity contribution >= 4 is 5.91 Å². The Labute approximate surface area is 145 Å². The molecule has 0 radical (unpaired) electrons. The molecule has 1 amide bonds. The molecule has 1 unspecified atom stereocenters. The summed E-state index contributed by atoms with van der Waals surface area (Å²) in [4.78, 5) is 18.7. The van der Waals surface area contributed by atoms with Gasteiger partial charge in [-0.3, -0.25) is 4.79 Å². The number of rotatable bonds is 3. The number of aromatic nitrogens is 1. The minimum Gasteiger partial charge on any atom is -0.472 e. The average Bonchev–Trinajstić information content (AvgIpc) is 3.14. The highest BCUT2D eigenvalue weighted by Gasteiger charge is 2.24. The number of nitrogens with zero attached hydrogens (tertiary/aromatic N) is 2. The van der Waals surface area contributed by atoms with E-state index >= 15 is 0 Å². The van der Waals surface area contributed by atoms with E-state index in [-0.39, 0.29) is 17.8 Å². The van der Waals surface area contributed by atoms with E-state index in [4.69, 9.17) is 9.47 Å². The Morgan fingerprint density at radius 1 is 1.36 bits per heavy atom. The standard InChI is InChI=1S/C19H19FN2O3/c20-17-3-1-2-14-11-22(8-5-16(14)17)19(23)13-4-7-21-18(10-13)25-15-6-9-24-12-15/h1-4,7,10,15H,5-6,8-9,11-12H2. The van der Waals surface area contributed by atoms with Gasteiger partial charge in [0.1, 0.15) is 11.9 Å². The van der Waals surface area contributed by atoms with Gasteiger partial charge in [-0.2, -0.15) is 0 Å². The number of benzene rings is 1. The third kappa shape index (κ3) is 3.35. The topological polar surface area (TPSA) is 51.7 Å². The van der Waals surface area contributed by atoms with Crippen LogP contribution >= 0.6 is 0 Å². The molecule has 130 valence electrons. The van der Waals surface area contributed by atoms with Crippen LogP contribution in [0.4, 0.5) is 4.39 Å². The van der Waals surface area contributed by atoms with E-state index in [0.29, 0.717) is 49.7 Å². The van der Waals surface area contributed by atoms with E-state index in [1.807, 2.05) is 6.07 Å². The number of ether oxygens (including phenoxy) is 2. The fourth-order valence-corrected chi connectivity index (χ4v) is 3.30. The van der Waals surface area contributed by atoms with Gasteiger partial charge >= 0.3 is 0 Å². The number of hydrogen-bond acceptors (Lipinski definition) is 4. The zero-order valence-corrected chi connectivity index (χ0v) is 13.8. The molecule has 1 fully saturated rings. The van der Waals surface area contributed by atoms with Crippen LogP contribution in [0.1, 0.15) is 27.9 Å². The fourth-order valence-electron chi connectivity index (χ4n) is 3.30. The lowest BCUT2D eigenvalue weighted by atomic mass is 9.98. The molecule has 25 heavy (non-hydrogen) atoms. The van der Waals surface area contributed by atoms with E-state index in [2.05, 4.69) is 4.98 Å². The van der Waals surface area contributed by atoms with Crippen molar-refractivity contribution in [3.05, 3.63) is 59.0 Å². The van der Waals surface area contributed by atoms with Gasteiger partial charge in [0, 0.05) is 37.3 Å². The SMILES string of the molecule is O=C(c1ccnc(OC2CCOC2)c1)N1CCc2c(F)cccc2C1. The molecule has 0 bridgehead atoms. The highest BCUT2D eigenvalue weighted by Crippen LogP contribution is 2.24. The van der Waals surface area contributed by atoms with Gasteiger partial charge in [-0.05, 0) is 29.7 Å². The maximum Gasteiger partial charge on any atom is 0.254 e. The highest BCUT2D eigenvalue weighted by molar-refractivity contribution is 5.94. The van der Waals surface area contributed by atoms with Gasteiger partial charge in [-0.1, -0.05) is 12.1 Å². The molecular weight excluding hydrogens is 323 g/mol. The predicted molar refractivity (Wildman–Crippen MR) is 88.9 cm³/mol. The summed E-state index contributed by atoms with van der Waals surface area (Å²) in [6.07, 6.45) is 2.92. The number of carbonyl (C=O) groups excluding carboxylic acids is 1. The quantitative estimate of drug-likeness (QED) is 0.860. The van der Waals surface area contributed by atoms with Gasteiger partial charge in [0.25, 0.3) is 5.91 Å². The van der Waals surface area contributed by atoms with Crippen molar-refractivity contribution < 1.29 is 18.7 Å². The molecule has 0 N–H and O–H groups in total. The lowest BCUT2D eigenvalue weighted by Gasteiger charge is -2.29. The number of amides is 1. The first-order valence-electron chi connectivity index (χ1n) is 8.47. The molecule has 4 rings (SSSR count). The van der Waals surface area contributed by atoms with E-state index in [1.54, 1.807) is 29.3 Å². The Hall–Kier alpha value is -2.47. The maximum absolute atomic E-state index is 13.8. The normalized spacial score (nSPS) is 19.6. The summed E-state index contributed by atoms with van der Waals surface area (Å²) in [6.45, 7) is 2.16. The number of halogens is 1. The van der Waals surface area contributed by atoms with Crippen molar-refractivity contribution in [2.75, 3.05) is 19.8 Å². The molecule has 3 heterocycles. The van der Waals surface area contributed by atoms with Crippen LogP contribution in [0, 0.1) is 5.82 Å². The summed E-state index contributed by atoms with van der Waals surface area (Å²) >= 11 is 0. The van der Waals surface area contributed by atoms with Gasteiger partial charge in [0.15, 0.2) is 0 Å². The number of fused-ring (bicyclic) bond motifs is 1. The molecule has 0 saturated carbocycles. The summed E-state index contributed by atoms with van der Waals surface area (Å²) in [7, 11) is 0. The first kappa shape index (κ1) is 16.0. The number of hydrogen-bond donors (Lipinski definition) is 0. The van der Waals surface area contributed by atoms with E-state index in [0.717, 1.165) is 12.0 Å². The van der Waals surface area contributed by atoms with Crippen LogP contribution in [0.25, 0.3) is 0 Å². The second kappa shape index (κ2) is 6.80. The first-order valence-corrected chi connectivity index (χ1v) is 8.47. The molecule has 1 aromatic heterocycles.